The molecule has 182 valence electrons. The van der Waals surface area contributed by atoms with Gasteiger partial charge in [0.2, 0.25) is 11.8 Å². The van der Waals surface area contributed by atoms with E-state index < -0.39 is 0 Å². The van der Waals surface area contributed by atoms with Gasteiger partial charge in [-0.05, 0) is 28.8 Å². The quantitative estimate of drug-likeness (QED) is 0.465. The molecule has 3 aromatic carbocycles. The molecule has 0 atom stereocenters. The van der Waals surface area contributed by atoms with Crippen LogP contribution in [0, 0.1) is 0 Å². The van der Waals surface area contributed by atoms with Crippen molar-refractivity contribution >= 4 is 17.5 Å². The summed E-state index contributed by atoms with van der Waals surface area (Å²) in [6.07, 6.45) is 0.813. The largest absolute Gasteiger partial charge is 0.379 e. The first kappa shape index (κ1) is 24.6. The van der Waals surface area contributed by atoms with E-state index in [-0.39, 0.29) is 17.7 Å². The van der Waals surface area contributed by atoms with Crippen molar-refractivity contribution < 1.29 is 14.3 Å². The van der Waals surface area contributed by atoms with Crippen molar-refractivity contribution in [3.8, 4) is 0 Å². The number of hydrogen-bond donors (Lipinski definition) is 2. The van der Waals surface area contributed by atoms with Crippen molar-refractivity contribution in [2.24, 2.45) is 0 Å². The van der Waals surface area contributed by atoms with Gasteiger partial charge in [-0.15, -0.1) is 0 Å². The molecular weight excluding hydrogens is 438 g/mol. The Morgan fingerprint density at radius 2 is 1.49 bits per heavy atom. The fraction of sp³-hybridized carbons (Fsp3) is 0.310. The van der Waals surface area contributed by atoms with Crippen LogP contribution in [0.5, 0.6) is 0 Å². The lowest BCUT2D eigenvalue weighted by Gasteiger charge is -2.26. The van der Waals surface area contributed by atoms with E-state index in [9.17, 15) is 9.59 Å². The topological polar surface area (TPSA) is 70.7 Å². The van der Waals surface area contributed by atoms with E-state index in [0.29, 0.717) is 19.4 Å². The van der Waals surface area contributed by atoms with Gasteiger partial charge in [0.15, 0.2) is 0 Å². The Labute approximate surface area is 207 Å². The van der Waals surface area contributed by atoms with E-state index in [1.165, 1.54) is 0 Å². The molecule has 0 radical (unpaired) electrons. The summed E-state index contributed by atoms with van der Waals surface area (Å²) in [5, 5.41) is 6.02. The smallest absolute Gasteiger partial charge is 0.225 e. The third-order valence-corrected chi connectivity index (χ3v) is 6.25. The summed E-state index contributed by atoms with van der Waals surface area (Å²) in [4.78, 5) is 27.5. The molecule has 35 heavy (non-hydrogen) atoms. The van der Waals surface area contributed by atoms with Gasteiger partial charge < -0.3 is 15.4 Å². The molecule has 2 amide bonds. The Balaban J connectivity index is 1.29. The Morgan fingerprint density at radius 1 is 0.829 bits per heavy atom. The second-order valence-corrected chi connectivity index (χ2v) is 8.81. The van der Waals surface area contributed by atoms with Crippen LogP contribution in [0.25, 0.3) is 0 Å². The van der Waals surface area contributed by atoms with Crippen LogP contribution >= 0.6 is 0 Å². The van der Waals surface area contributed by atoms with Crippen molar-refractivity contribution in [3.05, 3.63) is 102 Å². The number of amides is 2. The highest BCUT2D eigenvalue weighted by molar-refractivity contribution is 5.90. The summed E-state index contributed by atoms with van der Waals surface area (Å²) in [5.74, 6) is -0.0246. The molecule has 1 saturated heterocycles. The van der Waals surface area contributed by atoms with Gasteiger partial charge in [0.1, 0.15) is 0 Å². The number of ether oxygens (including phenoxy) is 1. The van der Waals surface area contributed by atoms with E-state index in [1.54, 1.807) is 0 Å². The number of benzene rings is 3. The maximum absolute atomic E-state index is 12.9. The maximum Gasteiger partial charge on any atom is 0.225 e. The summed E-state index contributed by atoms with van der Waals surface area (Å²) < 4.78 is 5.35. The van der Waals surface area contributed by atoms with Gasteiger partial charge >= 0.3 is 0 Å². The Hall–Kier alpha value is -3.48. The van der Waals surface area contributed by atoms with E-state index in [0.717, 1.165) is 55.2 Å². The Bertz CT molecular complexity index is 1040. The van der Waals surface area contributed by atoms with Crippen LogP contribution < -0.4 is 10.6 Å². The van der Waals surface area contributed by atoms with Gasteiger partial charge in [0.05, 0.1) is 13.2 Å². The first-order chi connectivity index (χ1) is 17.2. The van der Waals surface area contributed by atoms with Crippen LogP contribution in [0.1, 0.15) is 35.4 Å². The van der Waals surface area contributed by atoms with E-state index in [2.05, 4.69) is 39.8 Å². The number of anilines is 1. The molecule has 1 aliphatic heterocycles. The van der Waals surface area contributed by atoms with Crippen molar-refractivity contribution in [2.75, 3.05) is 38.2 Å². The minimum Gasteiger partial charge on any atom is -0.379 e. The average molecular weight is 472 g/mol. The summed E-state index contributed by atoms with van der Waals surface area (Å²) in [5.41, 5.74) is 3.93. The Morgan fingerprint density at radius 3 is 2.14 bits per heavy atom. The standard InChI is InChI=1S/C29H33N3O3/c33-28(14-15-32-16-18-35-19-17-32)31-26-13-7-8-23(20-26)22-30-29(34)21-27(24-9-3-1-4-10-24)25-11-5-2-6-12-25/h1-13,20,27H,14-19,21-22H2,(H,30,34)(H,31,33). The van der Waals surface area contributed by atoms with Gasteiger partial charge in [-0.1, -0.05) is 72.8 Å². The molecule has 2 N–H and O–H groups in total. The number of nitrogens with zero attached hydrogens (tertiary/aromatic N) is 1. The highest BCUT2D eigenvalue weighted by atomic mass is 16.5. The lowest BCUT2D eigenvalue weighted by molar-refractivity contribution is -0.121. The third-order valence-electron chi connectivity index (χ3n) is 6.25. The SMILES string of the molecule is O=C(CC(c1ccccc1)c1ccccc1)NCc1cccc(NC(=O)CCN2CCOCC2)c1. The zero-order valence-electron chi connectivity index (χ0n) is 20.0. The number of rotatable bonds is 10. The molecule has 1 aliphatic rings. The van der Waals surface area contributed by atoms with Crippen LogP contribution in [0.2, 0.25) is 0 Å². The molecule has 0 unspecified atom stereocenters. The van der Waals surface area contributed by atoms with Gasteiger partial charge in [0.25, 0.3) is 0 Å². The summed E-state index contributed by atoms with van der Waals surface area (Å²) in [6.45, 7) is 4.34. The molecular formula is C29H33N3O3. The lowest BCUT2D eigenvalue weighted by Crippen LogP contribution is -2.38. The summed E-state index contributed by atoms with van der Waals surface area (Å²) in [7, 11) is 0. The maximum atomic E-state index is 12.9. The number of nitrogens with one attached hydrogen (secondary N) is 2. The summed E-state index contributed by atoms with van der Waals surface area (Å²) >= 11 is 0. The molecule has 1 fully saturated rings. The molecule has 0 spiro atoms. The molecule has 0 saturated carbocycles. The van der Waals surface area contributed by atoms with Crippen LogP contribution in [0.15, 0.2) is 84.9 Å². The lowest BCUT2D eigenvalue weighted by atomic mass is 9.88. The predicted molar refractivity (Wildman–Crippen MR) is 138 cm³/mol. The van der Waals surface area contributed by atoms with E-state index in [4.69, 9.17) is 4.74 Å². The zero-order valence-corrected chi connectivity index (χ0v) is 20.0. The summed E-state index contributed by atoms with van der Waals surface area (Å²) in [6, 6.07) is 27.9. The minimum atomic E-state index is -0.0114. The fourth-order valence-corrected chi connectivity index (χ4v) is 4.32. The van der Waals surface area contributed by atoms with Gasteiger partial charge in [-0.3, -0.25) is 14.5 Å². The molecule has 6 nitrogen and oxygen atoms in total. The zero-order chi connectivity index (χ0) is 24.3. The molecule has 1 heterocycles. The minimum absolute atomic E-state index is 0.00510. The van der Waals surface area contributed by atoms with Gasteiger partial charge in [-0.2, -0.15) is 0 Å². The molecule has 4 rings (SSSR count). The van der Waals surface area contributed by atoms with E-state index in [1.807, 2.05) is 60.7 Å². The second kappa shape index (κ2) is 12.8. The number of morpholine rings is 1. The molecule has 0 aliphatic carbocycles. The van der Waals surface area contributed by atoms with Crippen molar-refractivity contribution in [2.45, 2.75) is 25.3 Å². The molecule has 6 heteroatoms. The monoisotopic (exact) mass is 471 g/mol. The van der Waals surface area contributed by atoms with Crippen molar-refractivity contribution in [3.63, 3.8) is 0 Å². The van der Waals surface area contributed by atoms with Crippen LogP contribution in [-0.4, -0.2) is 49.6 Å². The van der Waals surface area contributed by atoms with Crippen LogP contribution in [0.4, 0.5) is 5.69 Å². The third kappa shape index (κ3) is 7.77. The highest BCUT2D eigenvalue weighted by Crippen LogP contribution is 2.27. The van der Waals surface area contributed by atoms with Crippen LogP contribution in [-0.2, 0) is 20.9 Å². The average Bonchev–Trinajstić information content (AvgIpc) is 2.91. The van der Waals surface area contributed by atoms with Gasteiger partial charge in [0, 0.05) is 50.6 Å². The number of carbonyl (C=O) groups is 2. The van der Waals surface area contributed by atoms with E-state index >= 15 is 0 Å². The highest BCUT2D eigenvalue weighted by Gasteiger charge is 2.18. The first-order valence-electron chi connectivity index (χ1n) is 12.2. The fourth-order valence-electron chi connectivity index (χ4n) is 4.32. The number of hydrogen-bond acceptors (Lipinski definition) is 4. The van der Waals surface area contributed by atoms with Crippen molar-refractivity contribution in [1.82, 2.24) is 10.2 Å². The van der Waals surface area contributed by atoms with Gasteiger partial charge in [-0.25, -0.2) is 0 Å². The first-order valence-corrected chi connectivity index (χ1v) is 12.2. The molecule has 3 aromatic rings. The Kier molecular flexibility index (Phi) is 9.04. The van der Waals surface area contributed by atoms with Crippen LogP contribution in [0.3, 0.4) is 0 Å². The normalized spacial score (nSPS) is 14.0. The second-order valence-electron chi connectivity index (χ2n) is 8.81. The number of carbonyl (C=O) groups excluding carboxylic acids is 2. The van der Waals surface area contributed by atoms with Crippen molar-refractivity contribution in [1.29, 1.82) is 0 Å². The predicted octanol–water partition coefficient (Wildman–Crippen LogP) is 4.19. The molecule has 0 bridgehead atoms. The molecule has 0 aromatic heterocycles.